The molecule has 0 fully saturated rings. The molecule has 0 aliphatic rings. The van der Waals surface area contributed by atoms with E-state index in [0.717, 1.165) is 0 Å². The maximum absolute atomic E-state index is 12.0. The molecule has 0 aromatic heterocycles. The van der Waals surface area contributed by atoms with Gasteiger partial charge >= 0.3 is 11.9 Å². The Morgan fingerprint density at radius 2 is 1.26 bits per heavy atom. The number of carbonyl (C=O) groups is 2. The number of rotatable bonds is 14. The quantitative estimate of drug-likeness (QED) is 0.229. The second-order valence-electron chi connectivity index (χ2n) is 8.77. The summed E-state index contributed by atoms with van der Waals surface area (Å²) in [5.74, 6) is 0.264. The van der Waals surface area contributed by atoms with Gasteiger partial charge in [0.25, 0.3) is 0 Å². The van der Waals surface area contributed by atoms with Gasteiger partial charge in [0, 0.05) is 28.0 Å². The number of benzene rings is 3. The zero-order valence-electron chi connectivity index (χ0n) is 21.9. The van der Waals surface area contributed by atoms with Crippen molar-refractivity contribution >= 4 is 22.7 Å². The summed E-state index contributed by atoms with van der Waals surface area (Å²) in [7, 11) is 0. The van der Waals surface area contributed by atoms with Gasteiger partial charge < -0.3 is 33.9 Å². The number of hydrogen-bond acceptors (Lipinski definition) is 9. The van der Waals surface area contributed by atoms with Crippen LogP contribution >= 0.6 is 0 Å². The van der Waals surface area contributed by atoms with Crippen LogP contribution in [0.25, 0.3) is 10.8 Å². The van der Waals surface area contributed by atoms with Gasteiger partial charge in [0.1, 0.15) is 24.7 Å². The normalized spacial score (nSPS) is 12.2. The van der Waals surface area contributed by atoms with E-state index in [9.17, 15) is 19.8 Å². The Kier molecular flexibility index (Phi) is 10.5. The molecule has 206 valence electrons. The van der Waals surface area contributed by atoms with Gasteiger partial charge in [0.2, 0.25) is 0 Å². The minimum Gasteiger partial charge on any atom is -0.489 e. The molecule has 9 nitrogen and oxygen atoms in total. The van der Waals surface area contributed by atoms with Crippen molar-refractivity contribution in [2.75, 3.05) is 26.4 Å². The third kappa shape index (κ3) is 8.07. The first-order valence-corrected chi connectivity index (χ1v) is 12.2. The van der Waals surface area contributed by atoms with Crippen molar-refractivity contribution in [3.8, 4) is 23.0 Å². The summed E-state index contributed by atoms with van der Waals surface area (Å²) in [6, 6.07) is 17.9. The summed E-state index contributed by atoms with van der Waals surface area (Å²) in [4.78, 5) is 23.9. The summed E-state index contributed by atoms with van der Waals surface area (Å²) in [5, 5.41) is 20.7. The van der Waals surface area contributed by atoms with Crippen molar-refractivity contribution < 1.29 is 43.5 Å². The van der Waals surface area contributed by atoms with Crippen LogP contribution in [0.4, 0.5) is 0 Å². The largest absolute Gasteiger partial charge is 0.489 e. The Hall–Kier alpha value is -4.34. The monoisotopic (exact) mass is 536 g/mol. The SMILES string of the molecule is C=C(C)C(=O)OC(CO)COc1cc(Oc2ccccc2)c(OCC(CO)OC(=O)C(=C)C)c2ccccc12. The zero-order chi connectivity index (χ0) is 28.4. The maximum atomic E-state index is 12.0. The van der Waals surface area contributed by atoms with Crippen molar-refractivity contribution in [3.63, 3.8) is 0 Å². The van der Waals surface area contributed by atoms with Crippen LogP contribution in [0.15, 0.2) is 85.0 Å². The van der Waals surface area contributed by atoms with E-state index in [4.69, 9.17) is 23.7 Å². The molecule has 0 aliphatic carbocycles. The van der Waals surface area contributed by atoms with Gasteiger partial charge in [-0.3, -0.25) is 0 Å². The van der Waals surface area contributed by atoms with E-state index in [1.54, 1.807) is 30.3 Å². The van der Waals surface area contributed by atoms with E-state index in [2.05, 4.69) is 13.2 Å². The number of fused-ring (bicyclic) bond motifs is 1. The standard InChI is InChI=1S/C30H32O9/c1-19(2)29(33)38-22(15-31)17-35-26-14-27(37-21-10-6-5-7-11-21)28(25-13-9-8-12-24(25)26)36-18-23(16-32)39-30(34)20(3)4/h5-14,22-23,31-32H,1,3,15-18H2,2,4H3. The van der Waals surface area contributed by atoms with Gasteiger partial charge in [-0.15, -0.1) is 0 Å². The van der Waals surface area contributed by atoms with E-state index in [-0.39, 0.29) is 30.1 Å². The second-order valence-corrected chi connectivity index (χ2v) is 8.77. The highest BCUT2D eigenvalue weighted by molar-refractivity contribution is 5.95. The lowest BCUT2D eigenvalue weighted by Gasteiger charge is -2.22. The number of para-hydroxylation sites is 1. The van der Waals surface area contributed by atoms with Crippen molar-refractivity contribution in [2.45, 2.75) is 26.1 Å². The molecule has 0 spiro atoms. The van der Waals surface area contributed by atoms with Crippen molar-refractivity contribution in [3.05, 3.63) is 85.0 Å². The predicted octanol–water partition coefficient (Wildman–Crippen LogP) is 4.35. The van der Waals surface area contributed by atoms with Gasteiger partial charge in [-0.1, -0.05) is 55.6 Å². The summed E-state index contributed by atoms with van der Waals surface area (Å²) in [6.07, 6.45) is -1.86. The molecule has 9 heteroatoms. The molecule has 0 heterocycles. The minimum atomic E-state index is -0.943. The predicted molar refractivity (Wildman–Crippen MR) is 145 cm³/mol. The van der Waals surface area contributed by atoms with Gasteiger partial charge in [-0.25, -0.2) is 9.59 Å². The van der Waals surface area contributed by atoms with Crippen molar-refractivity contribution in [1.82, 2.24) is 0 Å². The Morgan fingerprint density at radius 1 is 0.744 bits per heavy atom. The van der Waals surface area contributed by atoms with Crippen LogP contribution in [0.1, 0.15) is 13.8 Å². The number of aliphatic hydroxyl groups is 2. The fourth-order valence-corrected chi connectivity index (χ4v) is 3.36. The van der Waals surface area contributed by atoms with Gasteiger partial charge in [-0.2, -0.15) is 0 Å². The lowest BCUT2D eigenvalue weighted by Crippen LogP contribution is -2.29. The number of aliphatic hydroxyl groups excluding tert-OH is 2. The molecular formula is C30H32O9. The molecule has 3 aromatic rings. The lowest BCUT2D eigenvalue weighted by molar-refractivity contribution is -0.148. The number of carbonyl (C=O) groups excluding carboxylic acids is 2. The van der Waals surface area contributed by atoms with Crippen LogP contribution < -0.4 is 14.2 Å². The van der Waals surface area contributed by atoms with Crippen molar-refractivity contribution in [2.24, 2.45) is 0 Å². The molecule has 2 atom stereocenters. The van der Waals surface area contributed by atoms with Crippen molar-refractivity contribution in [1.29, 1.82) is 0 Å². The Morgan fingerprint density at radius 3 is 1.79 bits per heavy atom. The minimum absolute atomic E-state index is 0.131. The van der Waals surface area contributed by atoms with Crippen LogP contribution in [-0.2, 0) is 19.1 Å². The van der Waals surface area contributed by atoms with Crippen LogP contribution in [0, 0.1) is 0 Å². The van der Waals surface area contributed by atoms with E-state index in [1.807, 2.05) is 30.3 Å². The zero-order valence-corrected chi connectivity index (χ0v) is 21.9. The highest BCUT2D eigenvalue weighted by Crippen LogP contribution is 2.43. The van der Waals surface area contributed by atoms with E-state index in [0.29, 0.717) is 28.0 Å². The summed E-state index contributed by atoms with van der Waals surface area (Å²) in [5.41, 5.74) is 0.401. The Balaban J connectivity index is 1.97. The third-order valence-corrected chi connectivity index (χ3v) is 5.38. The number of ether oxygens (including phenoxy) is 5. The fraction of sp³-hybridized carbons (Fsp3) is 0.267. The summed E-state index contributed by atoms with van der Waals surface area (Å²) >= 11 is 0. The lowest BCUT2D eigenvalue weighted by atomic mass is 10.1. The van der Waals surface area contributed by atoms with Gasteiger partial charge in [0.05, 0.1) is 13.2 Å². The smallest absolute Gasteiger partial charge is 0.333 e. The van der Waals surface area contributed by atoms with Crippen LogP contribution in [0.5, 0.6) is 23.0 Å². The molecule has 3 aromatic carbocycles. The first-order valence-electron chi connectivity index (χ1n) is 12.2. The molecule has 0 radical (unpaired) electrons. The molecule has 0 amide bonds. The van der Waals surface area contributed by atoms with E-state index in [1.165, 1.54) is 13.8 Å². The highest BCUT2D eigenvalue weighted by Gasteiger charge is 2.22. The molecule has 0 aliphatic heterocycles. The Labute approximate surface area is 226 Å². The molecule has 0 bridgehead atoms. The van der Waals surface area contributed by atoms with Crippen LogP contribution in [0.3, 0.4) is 0 Å². The van der Waals surface area contributed by atoms with Gasteiger partial charge in [0.15, 0.2) is 23.7 Å². The summed E-state index contributed by atoms with van der Waals surface area (Å²) < 4.78 is 28.7. The van der Waals surface area contributed by atoms with E-state index >= 15 is 0 Å². The molecule has 39 heavy (non-hydrogen) atoms. The average Bonchev–Trinajstić information content (AvgIpc) is 2.94. The molecule has 0 saturated heterocycles. The topological polar surface area (TPSA) is 121 Å². The molecular weight excluding hydrogens is 504 g/mol. The third-order valence-electron chi connectivity index (χ3n) is 5.38. The highest BCUT2D eigenvalue weighted by atomic mass is 16.6. The van der Waals surface area contributed by atoms with Gasteiger partial charge in [-0.05, 0) is 26.0 Å². The molecule has 3 rings (SSSR count). The number of hydrogen-bond donors (Lipinski definition) is 2. The first-order chi connectivity index (χ1) is 18.7. The first kappa shape index (κ1) is 29.2. The molecule has 0 saturated carbocycles. The van der Waals surface area contributed by atoms with E-state index < -0.39 is 37.4 Å². The average molecular weight is 537 g/mol. The maximum Gasteiger partial charge on any atom is 0.333 e. The van der Waals surface area contributed by atoms with Crippen LogP contribution in [-0.4, -0.2) is 60.8 Å². The van der Waals surface area contributed by atoms with Crippen LogP contribution in [0.2, 0.25) is 0 Å². The fourth-order valence-electron chi connectivity index (χ4n) is 3.36. The summed E-state index contributed by atoms with van der Waals surface area (Å²) in [6.45, 7) is 8.93. The second kappa shape index (κ2) is 14.0. The molecule has 2 unspecified atom stereocenters. The number of esters is 2. The Bertz CT molecular complexity index is 1320. The molecule has 2 N–H and O–H groups in total.